The fourth-order valence-electron chi connectivity index (χ4n) is 2.72. The highest BCUT2D eigenvalue weighted by Crippen LogP contribution is 2.29. The first-order valence-electron chi connectivity index (χ1n) is 9.52. The minimum Gasteiger partial charge on any atom is -0.504 e. The number of guanidine groups is 1. The minimum absolute atomic E-state index is 0.204. The maximum absolute atomic E-state index is 10.1. The third-order valence-corrected chi connectivity index (χ3v) is 4.14. The predicted octanol–water partition coefficient (Wildman–Crippen LogP) is 2.95. The molecule has 1 aromatic carbocycles. The number of nitrogens with one attached hydrogen (secondary N) is 2. The normalized spacial score (nSPS) is 12.9. The van der Waals surface area contributed by atoms with Gasteiger partial charge in [0.2, 0.25) is 0 Å². The Morgan fingerprint density at radius 3 is 2.62 bits per heavy atom. The lowest BCUT2D eigenvalue weighted by Gasteiger charge is -2.20. The van der Waals surface area contributed by atoms with E-state index in [0.29, 0.717) is 31.2 Å². The Hall–Kier alpha value is -1.95. The van der Waals surface area contributed by atoms with Crippen LogP contribution in [0, 0.1) is 5.92 Å². The number of phenolic OH excluding ortho intramolecular Hbond substituents is 1. The number of aliphatic imine (C=N–C) groups is 1. The van der Waals surface area contributed by atoms with E-state index in [1.807, 2.05) is 26.0 Å². The van der Waals surface area contributed by atoms with Gasteiger partial charge in [-0.05, 0) is 44.2 Å². The molecule has 148 valence electrons. The number of aromatic hydroxyl groups is 1. The smallest absolute Gasteiger partial charge is 0.191 e. The summed E-state index contributed by atoms with van der Waals surface area (Å²) in [5.41, 5.74) is 0.851. The number of para-hydroxylation sites is 1. The van der Waals surface area contributed by atoms with Gasteiger partial charge in [-0.15, -0.1) is 0 Å². The van der Waals surface area contributed by atoms with Crippen LogP contribution >= 0.6 is 0 Å². The Balaban J connectivity index is 2.54. The van der Waals surface area contributed by atoms with Crippen LogP contribution < -0.4 is 15.4 Å². The number of rotatable bonds is 11. The summed E-state index contributed by atoms with van der Waals surface area (Å²) in [5.74, 6) is 1.97. The Labute approximate surface area is 158 Å². The van der Waals surface area contributed by atoms with Gasteiger partial charge in [-0.1, -0.05) is 26.0 Å². The lowest BCUT2D eigenvalue weighted by atomic mass is 10.0. The highest BCUT2D eigenvalue weighted by Gasteiger charge is 2.12. The molecule has 1 unspecified atom stereocenters. The number of benzene rings is 1. The lowest BCUT2D eigenvalue weighted by molar-refractivity contribution is 0.0266. The topological polar surface area (TPSA) is 75.1 Å². The molecule has 0 bridgehead atoms. The van der Waals surface area contributed by atoms with Crippen LogP contribution in [0.1, 0.15) is 39.7 Å². The molecule has 0 radical (unpaired) electrons. The lowest BCUT2D eigenvalue weighted by Crippen LogP contribution is -2.38. The molecule has 0 heterocycles. The zero-order chi connectivity index (χ0) is 19.4. The van der Waals surface area contributed by atoms with E-state index in [1.54, 1.807) is 13.2 Å². The Bertz CT molecular complexity index is 547. The Kier molecular flexibility index (Phi) is 10.5. The van der Waals surface area contributed by atoms with E-state index in [2.05, 4.69) is 29.5 Å². The Morgan fingerprint density at radius 2 is 2.00 bits per heavy atom. The van der Waals surface area contributed by atoms with Gasteiger partial charge < -0.3 is 25.2 Å². The molecule has 6 heteroatoms. The SMILES string of the molecule is CCNC(=NCCC(OCC)C(C)C)NCCc1cccc(OC)c1O. The van der Waals surface area contributed by atoms with Crippen LogP contribution in [0.4, 0.5) is 0 Å². The van der Waals surface area contributed by atoms with Crippen molar-refractivity contribution in [3.63, 3.8) is 0 Å². The van der Waals surface area contributed by atoms with Crippen molar-refractivity contribution in [3.05, 3.63) is 23.8 Å². The second-order valence-electron chi connectivity index (χ2n) is 6.43. The van der Waals surface area contributed by atoms with E-state index in [-0.39, 0.29) is 11.9 Å². The molecule has 0 saturated carbocycles. The van der Waals surface area contributed by atoms with Crippen LogP contribution in [0.3, 0.4) is 0 Å². The van der Waals surface area contributed by atoms with Crippen molar-refractivity contribution in [2.24, 2.45) is 10.9 Å². The fourth-order valence-corrected chi connectivity index (χ4v) is 2.72. The molecule has 0 spiro atoms. The van der Waals surface area contributed by atoms with Crippen LogP contribution in [0.15, 0.2) is 23.2 Å². The highest BCUT2D eigenvalue weighted by atomic mass is 16.5. The van der Waals surface area contributed by atoms with E-state index in [1.165, 1.54) is 0 Å². The minimum atomic E-state index is 0.204. The molecule has 1 atom stereocenters. The van der Waals surface area contributed by atoms with Crippen molar-refractivity contribution in [1.29, 1.82) is 0 Å². The van der Waals surface area contributed by atoms with E-state index in [9.17, 15) is 5.11 Å². The zero-order valence-electron chi connectivity index (χ0n) is 16.8. The molecule has 1 rings (SSSR count). The summed E-state index contributed by atoms with van der Waals surface area (Å²) in [6, 6.07) is 5.53. The molecule has 0 saturated heterocycles. The van der Waals surface area contributed by atoms with Gasteiger partial charge in [0.1, 0.15) is 0 Å². The quantitative estimate of drug-likeness (QED) is 0.415. The summed E-state index contributed by atoms with van der Waals surface area (Å²) in [7, 11) is 1.56. The number of hydrogen-bond donors (Lipinski definition) is 3. The molecule has 0 aromatic heterocycles. The molecule has 3 N–H and O–H groups in total. The molecule has 0 aliphatic heterocycles. The average molecular weight is 366 g/mol. The molecular formula is C20H35N3O3. The van der Waals surface area contributed by atoms with Gasteiger partial charge >= 0.3 is 0 Å². The van der Waals surface area contributed by atoms with Gasteiger partial charge in [0.15, 0.2) is 17.5 Å². The van der Waals surface area contributed by atoms with Crippen molar-refractivity contribution < 1.29 is 14.6 Å². The van der Waals surface area contributed by atoms with Crippen molar-refractivity contribution >= 4 is 5.96 Å². The molecule has 26 heavy (non-hydrogen) atoms. The second-order valence-corrected chi connectivity index (χ2v) is 6.43. The van der Waals surface area contributed by atoms with Crippen molar-refractivity contribution in [3.8, 4) is 11.5 Å². The second kappa shape index (κ2) is 12.4. The molecule has 6 nitrogen and oxygen atoms in total. The fraction of sp³-hybridized carbons (Fsp3) is 0.650. The number of nitrogens with zero attached hydrogens (tertiary/aromatic N) is 1. The third-order valence-electron chi connectivity index (χ3n) is 4.14. The molecule has 1 aromatic rings. The van der Waals surface area contributed by atoms with E-state index >= 15 is 0 Å². The van der Waals surface area contributed by atoms with Crippen LogP contribution in [0.5, 0.6) is 11.5 Å². The molecule has 0 fully saturated rings. The monoisotopic (exact) mass is 365 g/mol. The standard InChI is InChI=1S/C20H35N3O3/c1-6-21-20(23-14-12-17(15(3)4)26-7-2)22-13-11-16-9-8-10-18(25-5)19(16)24/h8-10,15,17,24H,6-7,11-14H2,1-5H3,(H2,21,22,23). The zero-order valence-corrected chi connectivity index (χ0v) is 16.8. The van der Waals surface area contributed by atoms with Crippen LogP contribution in [0.25, 0.3) is 0 Å². The van der Waals surface area contributed by atoms with Crippen LogP contribution in [-0.4, -0.2) is 50.5 Å². The van der Waals surface area contributed by atoms with Gasteiger partial charge in [-0.2, -0.15) is 0 Å². The summed E-state index contributed by atoms with van der Waals surface area (Å²) in [4.78, 5) is 4.63. The van der Waals surface area contributed by atoms with Crippen molar-refractivity contribution in [1.82, 2.24) is 10.6 Å². The van der Waals surface area contributed by atoms with Gasteiger partial charge in [0, 0.05) is 26.2 Å². The van der Waals surface area contributed by atoms with E-state index in [4.69, 9.17) is 9.47 Å². The Morgan fingerprint density at radius 1 is 1.23 bits per heavy atom. The largest absolute Gasteiger partial charge is 0.504 e. The number of hydrogen-bond acceptors (Lipinski definition) is 4. The van der Waals surface area contributed by atoms with Gasteiger partial charge in [0.25, 0.3) is 0 Å². The first kappa shape index (κ1) is 22.1. The predicted molar refractivity (Wildman–Crippen MR) is 107 cm³/mol. The van der Waals surface area contributed by atoms with Gasteiger partial charge in [-0.3, -0.25) is 4.99 Å². The summed E-state index contributed by atoms with van der Waals surface area (Å²) in [6.45, 7) is 11.3. The average Bonchev–Trinajstić information content (AvgIpc) is 2.62. The van der Waals surface area contributed by atoms with Crippen LogP contribution in [0.2, 0.25) is 0 Å². The van der Waals surface area contributed by atoms with E-state index < -0.39 is 0 Å². The van der Waals surface area contributed by atoms with E-state index in [0.717, 1.165) is 31.1 Å². The van der Waals surface area contributed by atoms with Crippen molar-refractivity contribution in [2.45, 2.75) is 46.6 Å². The summed E-state index contributed by atoms with van der Waals surface area (Å²) >= 11 is 0. The highest BCUT2D eigenvalue weighted by molar-refractivity contribution is 5.79. The summed E-state index contributed by atoms with van der Waals surface area (Å²) < 4.78 is 10.9. The maximum atomic E-state index is 10.1. The molecule has 0 aliphatic rings. The first-order valence-corrected chi connectivity index (χ1v) is 9.52. The van der Waals surface area contributed by atoms with Crippen molar-refractivity contribution in [2.75, 3.05) is 33.4 Å². The molecule has 0 aliphatic carbocycles. The van der Waals surface area contributed by atoms with Gasteiger partial charge in [-0.25, -0.2) is 0 Å². The number of methoxy groups -OCH3 is 1. The van der Waals surface area contributed by atoms with Gasteiger partial charge in [0.05, 0.1) is 13.2 Å². The number of phenols is 1. The first-order chi connectivity index (χ1) is 12.5. The molecular weight excluding hydrogens is 330 g/mol. The van der Waals surface area contributed by atoms with Crippen LogP contribution in [-0.2, 0) is 11.2 Å². The summed E-state index contributed by atoms with van der Waals surface area (Å²) in [5, 5.41) is 16.7. The molecule has 0 amide bonds. The maximum Gasteiger partial charge on any atom is 0.191 e. The summed E-state index contributed by atoms with van der Waals surface area (Å²) in [6.07, 6.45) is 1.82. The number of ether oxygens (including phenoxy) is 2. The third kappa shape index (κ3) is 7.52.